The maximum Gasteiger partial charge on any atom is 0.228 e. The molecule has 1 saturated heterocycles. The number of nitrogens with one attached hydrogen (secondary N) is 1. The first-order chi connectivity index (χ1) is 11.8. The van der Waals surface area contributed by atoms with E-state index in [1.807, 2.05) is 47.9 Å². The third-order valence-electron chi connectivity index (χ3n) is 4.49. The molecule has 2 aromatic rings. The van der Waals surface area contributed by atoms with E-state index in [0.717, 1.165) is 12.1 Å². The van der Waals surface area contributed by atoms with Crippen LogP contribution in [0.15, 0.2) is 48.8 Å². The summed E-state index contributed by atoms with van der Waals surface area (Å²) in [6.45, 7) is 0. The second-order valence-electron chi connectivity index (χ2n) is 6.28. The number of benzene rings is 1. The summed E-state index contributed by atoms with van der Waals surface area (Å²) < 4.78 is 0.500. The Morgan fingerprint density at radius 2 is 1.96 bits per heavy atom. The van der Waals surface area contributed by atoms with Crippen LogP contribution in [0.2, 0.25) is 0 Å². The minimum Gasteiger partial charge on any atom is -0.326 e. The van der Waals surface area contributed by atoms with Gasteiger partial charge >= 0.3 is 0 Å². The van der Waals surface area contributed by atoms with E-state index in [9.17, 15) is 4.79 Å². The highest BCUT2D eigenvalue weighted by Crippen LogP contribution is 2.48. The van der Waals surface area contributed by atoms with Gasteiger partial charge in [0, 0.05) is 24.0 Å². The summed E-state index contributed by atoms with van der Waals surface area (Å²) in [6, 6.07) is 12.3. The second-order valence-corrected chi connectivity index (χ2v) is 9.00. The van der Waals surface area contributed by atoms with Crippen molar-refractivity contribution in [3.63, 3.8) is 0 Å². The Labute approximate surface area is 151 Å². The molecule has 3 nitrogen and oxygen atoms in total. The minimum atomic E-state index is 0.0799. The standard InChI is InChI=1S/C19H20N2OS2/c22-18(17-11-16(17)14-5-2-7-20-12-14)21-15-6-1-4-13(10-15)19-23-8-3-9-24-19/h1-2,4-7,10,12,16-17,19H,3,8-9,11H2,(H,21,22)/t16-,17-/m0/s1. The maximum atomic E-state index is 12.5. The number of nitrogens with zero attached hydrogens (tertiary/aromatic N) is 1. The van der Waals surface area contributed by atoms with E-state index in [1.165, 1.54) is 29.1 Å². The first kappa shape index (κ1) is 16.0. The van der Waals surface area contributed by atoms with Crippen LogP contribution in [0, 0.1) is 5.92 Å². The average Bonchev–Trinajstić information content (AvgIpc) is 3.44. The summed E-state index contributed by atoms with van der Waals surface area (Å²) in [7, 11) is 0. The Kier molecular flexibility index (Phi) is 4.81. The van der Waals surface area contributed by atoms with Gasteiger partial charge in [0.15, 0.2) is 0 Å². The zero-order valence-corrected chi connectivity index (χ0v) is 15.0. The van der Waals surface area contributed by atoms with Crippen LogP contribution >= 0.6 is 23.5 Å². The Bertz CT molecular complexity index is 716. The molecule has 0 radical (unpaired) electrons. The predicted octanol–water partition coefficient (Wildman–Crippen LogP) is 4.69. The summed E-state index contributed by atoms with van der Waals surface area (Å²) in [6.07, 6.45) is 5.86. The predicted molar refractivity (Wildman–Crippen MR) is 102 cm³/mol. The lowest BCUT2D eigenvalue weighted by Gasteiger charge is -2.21. The smallest absolute Gasteiger partial charge is 0.228 e. The van der Waals surface area contributed by atoms with Crippen LogP contribution in [0.1, 0.15) is 34.5 Å². The van der Waals surface area contributed by atoms with Gasteiger partial charge in [0.25, 0.3) is 0 Å². The molecule has 2 atom stereocenters. The lowest BCUT2D eigenvalue weighted by molar-refractivity contribution is -0.117. The molecule has 0 unspecified atom stereocenters. The summed E-state index contributed by atoms with van der Waals surface area (Å²) in [5.41, 5.74) is 3.39. The van der Waals surface area contributed by atoms with Crippen molar-refractivity contribution in [2.45, 2.75) is 23.3 Å². The van der Waals surface area contributed by atoms with Gasteiger partial charge in [-0.25, -0.2) is 0 Å². The fourth-order valence-corrected chi connectivity index (χ4v) is 6.00. The Morgan fingerprint density at radius 3 is 2.75 bits per heavy atom. The molecule has 0 spiro atoms. The number of aromatic nitrogens is 1. The summed E-state index contributed by atoms with van der Waals surface area (Å²) in [4.78, 5) is 16.7. The number of carbonyl (C=O) groups is 1. The van der Waals surface area contributed by atoms with Gasteiger partial charge in [0.1, 0.15) is 0 Å². The van der Waals surface area contributed by atoms with Crippen molar-refractivity contribution in [2.24, 2.45) is 5.92 Å². The van der Waals surface area contributed by atoms with Crippen molar-refractivity contribution in [2.75, 3.05) is 16.8 Å². The highest BCUT2D eigenvalue weighted by atomic mass is 32.2. The number of hydrogen-bond donors (Lipinski definition) is 1. The number of hydrogen-bond acceptors (Lipinski definition) is 4. The molecule has 1 amide bonds. The van der Waals surface area contributed by atoms with Gasteiger partial charge in [-0.2, -0.15) is 0 Å². The van der Waals surface area contributed by atoms with Crippen molar-refractivity contribution in [3.8, 4) is 0 Å². The molecule has 1 aromatic carbocycles. The molecule has 1 aliphatic heterocycles. The van der Waals surface area contributed by atoms with Gasteiger partial charge in [0.2, 0.25) is 5.91 Å². The molecular weight excluding hydrogens is 336 g/mol. The van der Waals surface area contributed by atoms with E-state index in [1.54, 1.807) is 6.20 Å². The molecule has 4 rings (SSSR count). The lowest BCUT2D eigenvalue weighted by Crippen LogP contribution is -2.14. The van der Waals surface area contributed by atoms with Gasteiger partial charge in [-0.1, -0.05) is 18.2 Å². The zero-order chi connectivity index (χ0) is 16.4. The summed E-state index contributed by atoms with van der Waals surface area (Å²) in [5.74, 6) is 2.99. The molecule has 1 saturated carbocycles. The number of anilines is 1. The van der Waals surface area contributed by atoms with Gasteiger partial charge < -0.3 is 5.32 Å². The maximum absolute atomic E-state index is 12.5. The van der Waals surface area contributed by atoms with Crippen molar-refractivity contribution in [1.29, 1.82) is 0 Å². The second kappa shape index (κ2) is 7.19. The fourth-order valence-electron chi connectivity index (χ4n) is 3.13. The van der Waals surface area contributed by atoms with Crippen LogP contribution in [0.4, 0.5) is 5.69 Å². The van der Waals surface area contributed by atoms with Gasteiger partial charge in [-0.15, -0.1) is 23.5 Å². The monoisotopic (exact) mass is 356 g/mol. The van der Waals surface area contributed by atoms with Gasteiger partial charge in [-0.05, 0) is 59.6 Å². The zero-order valence-electron chi connectivity index (χ0n) is 13.4. The third-order valence-corrected chi connectivity index (χ3v) is 7.51. The van der Waals surface area contributed by atoms with E-state index >= 15 is 0 Å². The Hall–Kier alpha value is -1.46. The van der Waals surface area contributed by atoms with E-state index in [4.69, 9.17) is 0 Å². The SMILES string of the molecule is O=C(Nc1cccc(C2SCCCS2)c1)[C@H]1C[C@H]1c1cccnc1. The molecule has 1 N–H and O–H groups in total. The summed E-state index contributed by atoms with van der Waals surface area (Å²) in [5, 5.41) is 3.11. The van der Waals surface area contributed by atoms with E-state index in [2.05, 4.69) is 28.5 Å². The van der Waals surface area contributed by atoms with Crippen LogP contribution in [-0.4, -0.2) is 22.4 Å². The number of carbonyl (C=O) groups excluding carboxylic acids is 1. The van der Waals surface area contributed by atoms with E-state index in [-0.39, 0.29) is 11.8 Å². The van der Waals surface area contributed by atoms with Crippen molar-refractivity contribution < 1.29 is 4.79 Å². The van der Waals surface area contributed by atoms with Crippen LogP contribution < -0.4 is 5.32 Å². The molecule has 124 valence electrons. The number of rotatable bonds is 4. The van der Waals surface area contributed by atoms with Crippen LogP contribution in [-0.2, 0) is 4.79 Å². The van der Waals surface area contributed by atoms with E-state index in [0.29, 0.717) is 10.5 Å². The van der Waals surface area contributed by atoms with Crippen molar-refractivity contribution in [1.82, 2.24) is 4.98 Å². The molecule has 2 fully saturated rings. The topological polar surface area (TPSA) is 42.0 Å². The number of pyridine rings is 1. The number of amides is 1. The number of thioether (sulfide) groups is 2. The van der Waals surface area contributed by atoms with Crippen molar-refractivity contribution in [3.05, 3.63) is 59.9 Å². The Balaban J connectivity index is 1.40. The molecule has 2 heterocycles. The molecular formula is C19H20N2OS2. The van der Waals surface area contributed by atoms with E-state index < -0.39 is 0 Å². The molecule has 2 aliphatic rings. The summed E-state index contributed by atoms with van der Waals surface area (Å²) >= 11 is 4.01. The first-order valence-electron chi connectivity index (χ1n) is 8.35. The molecule has 1 aliphatic carbocycles. The van der Waals surface area contributed by atoms with Crippen LogP contribution in [0.25, 0.3) is 0 Å². The molecule has 5 heteroatoms. The largest absolute Gasteiger partial charge is 0.326 e. The molecule has 24 heavy (non-hydrogen) atoms. The first-order valence-corrected chi connectivity index (χ1v) is 10.4. The lowest BCUT2D eigenvalue weighted by atomic mass is 10.1. The highest BCUT2D eigenvalue weighted by molar-refractivity contribution is 8.16. The average molecular weight is 357 g/mol. The van der Waals surface area contributed by atoms with Gasteiger partial charge in [-0.3, -0.25) is 9.78 Å². The van der Waals surface area contributed by atoms with Crippen LogP contribution in [0.3, 0.4) is 0 Å². The normalized spacial score (nSPS) is 23.7. The van der Waals surface area contributed by atoms with Crippen molar-refractivity contribution >= 4 is 35.1 Å². The van der Waals surface area contributed by atoms with Gasteiger partial charge in [0.05, 0.1) is 4.58 Å². The highest BCUT2D eigenvalue weighted by Gasteiger charge is 2.44. The van der Waals surface area contributed by atoms with Crippen LogP contribution in [0.5, 0.6) is 0 Å². The third kappa shape index (κ3) is 3.62. The molecule has 0 bridgehead atoms. The Morgan fingerprint density at radius 1 is 1.12 bits per heavy atom. The molecule has 1 aromatic heterocycles. The minimum absolute atomic E-state index is 0.0799. The quantitative estimate of drug-likeness (QED) is 0.863. The fraction of sp³-hybridized carbons (Fsp3) is 0.368.